The van der Waals surface area contributed by atoms with Crippen LogP contribution in [0.3, 0.4) is 0 Å². The van der Waals surface area contributed by atoms with Crippen LogP contribution in [-0.4, -0.2) is 10.7 Å². The number of rotatable bonds is 2. The molecule has 3 heterocycles. The Morgan fingerprint density at radius 1 is 1.09 bits per heavy atom. The lowest BCUT2D eigenvalue weighted by atomic mass is 10.2. The zero-order valence-corrected chi connectivity index (χ0v) is 12.7. The summed E-state index contributed by atoms with van der Waals surface area (Å²) in [7, 11) is 0. The van der Waals surface area contributed by atoms with Gasteiger partial charge in [0.15, 0.2) is 11.9 Å². The summed E-state index contributed by atoms with van der Waals surface area (Å²) in [4.78, 5) is 11.5. The van der Waals surface area contributed by atoms with Gasteiger partial charge in [-0.25, -0.2) is 0 Å². The zero-order chi connectivity index (χ0) is 15.3. The van der Waals surface area contributed by atoms with Crippen LogP contribution < -0.4 is 0 Å². The van der Waals surface area contributed by atoms with Gasteiger partial charge in [-0.2, -0.15) is 0 Å². The van der Waals surface area contributed by atoms with Gasteiger partial charge in [-0.1, -0.05) is 29.3 Å². The number of nitrogens with zero attached hydrogens (tertiary/aromatic N) is 1. The fraction of sp³-hybridized carbons (Fsp3) is 0. The summed E-state index contributed by atoms with van der Waals surface area (Å²) in [5.41, 5.74) is 2.75. The molecule has 3 nitrogen and oxygen atoms in total. The third-order valence-corrected chi connectivity index (χ3v) is 4.13. The van der Waals surface area contributed by atoms with Crippen LogP contribution in [0, 0.1) is 0 Å². The Labute approximate surface area is 135 Å². The Morgan fingerprint density at radius 2 is 1.95 bits per heavy atom. The molecule has 0 bridgehead atoms. The predicted octanol–water partition coefficient (Wildman–Crippen LogP) is 5.47. The van der Waals surface area contributed by atoms with Gasteiger partial charge in [0, 0.05) is 27.7 Å². The van der Waals surface area contributed by atoms with Crippen LogP contribution in [0.5, 0.6) is 0 Å². The molecule has 0 saturated heterocycles. The third kappa shape index (κ3) is 1.94. The first-order valence-electron chi connectivity index (χ1n) is 6.61. The number of hydrogen-bond acceptors (Lipinski definition) is 2. The standard InChI is InChI=1S/C17H9Cl2NO2/c18-11-5-10-6-16(22-17(10)14(19)7-11)13-8-12-3-1-2-4-20(12)15(13)9-21/h1-9H. The topological polar surface area (TPSA) is 34.6 Å². The maximum atomic E-state index is 11.5. The molecule has 0 aliphatic carbocycles. The van der Waals surface area contributed by atoms with E-state index in [1.54, 1.807) is 12.1 Å². The highest BCUT2D eigenvalue weighted by molar-refractivity contribution is 6.38. The first-order chi connectivity index (χ1) is 10.7. The quantitative estimate of drug-likeness (QED) is 0.457. The minimum absolute atomic E-state index is 0.449. The second kappa shape index (κ2) is 4.90. The molecule has 3 aromatic heterocycles. The molecule has 4 aromatic rings. The zero-order valence-electron chi connectivity index (χ0n) is 11.2. The van der Waals surface area contributed by atoms with E-state index in [9.17, 15) is 4.79 Å². The number of carbonyl (C=O) groups is 1. The first kappa shape index (κ1) is 13.4. The second-order valence-corrected chi connectivity index (χ2v) is 5.82. The van der Waals surface area contributed by atoms with E-state index in [1.807, 2.05) is 40.9 Å². The number of fused-ring (bicyclic) bond motifs is 2. The van der Waals surface area contributed by atoms with E-state index in [-0.39, 0.29) is 0 Å². The number of pyridine rings is 1. The number of benzene rings is 1. The van der Waals surface area contributed by atoms with Crippen molar-refractivity contribution >= 4 is 46.0 Å². The molecule has 108 valence electrons. The lowest BCUT2D eigenvalue weighted by Crippen LogP contribution is -1.90. The number of halogens is 2. The molecule has 0 amide bonds. The van der Waals surface area contributed by atoms with Crippen molar-refractivity contribution in [3.05, 3.63) is 64.4 Å². The number of hydrogen-bond donors (Lipinski definition) is 0. The fourth-order valence-corrected chi connectivity index (χ4v) is 3.22. The summed E-state index contributed by atoms with van der Waals surface area (Å²) >= 11 is 12.2. The average Bonchev–Trinajstić information content (AvgIpc) is 3.07. The summed E-state index contributed by atoms with van der Waals surface area (Å²) in [5.74, 6) is 0.588. The van der Waals surface area contributed by atoms with E-state index in [2.05, 4.69) is 0 Å². The number of carbonyl (C=O) groups excluding carboxylic acids is 1. The molecular weight excluding hydrogens is 321 g/mol. The van der Waals surface area contributed by atoms with Crippen molar-refractivity contribution in [1.82, 2.24) is 4.40 Å². The van der Waals surface area contributed by atoms with E-state index in [4.69, 9.17) is 27.6 Å². The van der Waals surface area contributed by atoms with E-state index in [0.717, 1.165) is 22.8 Å². The number of aromatic nitrogens is 1. The summed E-state index contributed by atoms with van der Waals surface area (Å²) in [6.07, 6.45) is 2.67. The molecular formula is C17H9Cl2NO2. The van der Waals surface area contributed by atoms with Crippen LogP contribution >= 0.6 is 23.2 Å². The van der Waals surface area contributed by atoms with E-state index in [1.165, 1.54) is 0 Å². The summed E-state index contributed by atoms with van der Waals surface area (Å²) < 4.78 is 7.67. The molecule has 0 spiro atoms. The molecule has 0 radical (unpaired) electrons. The van der Waals surface area contributed by atoms with Crippen LogP contribution in [0.2, 0.25) is 10.0 Å². The molecule has 0 N–H and O–H groups in total. The van der Waals surface area contributed by atoms with E-state index in [0.29, 0.717) is 27.1 Å². The maximum Gasteiger partial charge on any atom is 0.167 e. The van der Waals surface area contributed by atoms with E-state index >= 15 is 0 Å². The molecule has 22 heavy (non-hydrogen) atoms. The van der Waals surface area contributed by atoms with Crippen molar-refractivity contribution in [3.63, 3.8) is 0 Å². The monoisotopic (exact) mass is 329 g/mol. The van der Waals surface area contributed by atoms with E-state index < -0.39 is 0 Å². The molecule has 0 unspecified atom stereocenters. The van der Waals surface area contributed by atoms with Gasteiger partial charge < -0.3 is 8.82 Å². The van der Waals surface area contributed by atoms with Crippen molar-refractivity contribution in [2.45, 2.75) is 0 Å². The Bertz CT molecular complexity index is 1030. The van der Waals surface area contributed by atoms with Gasteiger partial charge in [0.2, 0.25) is 0 Å². The average molecular weight is 330 g/mol. The summed E-state index contributed by atoms with van der Waals surface area (Å²) in [6.45, 7) is 0. The highest BCUT2D eigenvalue weighted by Gasteiger charge is 2.16. The highest BCUT2D eigenvalue weighted by atomic mass is 35.5. The number of furan rings is 1. The molecule has 0 fully saturated rings. The van der Waals surface area contributed by atoms with Gasteiger partial charge in [-0.15, -0.1) is 0 Å². The minimum Gasteiger partial charge on any atom is -0.454 e. The number of aldehydes is 1. The molecule has 0 aliphatic heterocycles. The molecule has 1 aromatic carbocycles. The van der Waals surface area contributed by atoms with Gasteiger partial charge in [0.25, 0.3) is 0 Å². The SMILES string of the molecule is O=Cc1c(-c2cc3cc(Cl)cc(Cl)c3o2)cc2ccccn12. The predicted molar refractivity (Wildman–Crippen MR) is 88.0 cm³/mol. The third-order valence-electron chi connectivity index (χ3n) is 3.63. The van der Waals surface area contributed by atoms with Crippen molar-refractivity contribution < 1.29 is 9.21 Å². The van der Waals surface area contributed by atoms with Gasteiger partial charge in [-0.05, 0) is 36.4 Å². The second-order valence-electron chi connectivity index (χ2n) is 4.97. The maximum absolute atomic E-state index is 11.5. The van der Waals surface area contributed by atoms with Crippen LogP contribution in [0.15, 0.2) is 53.1 Å². The van der Waals surface area contributed by atoms with Crippen molar-refractivity contribution in [2.75, 3.05) is 0 Å². The van der Waals surface area contributed by atoms with Crippen LogP contribution in [-0.2, 0) is 0 Å². The minimum atomic E-state index is 0.449. The largest absolute Gasteiger partial charge is 0.454 e. The summed E-state index contributed by atoms with van der Waals surface area (Å²) in [5, 5.41) is 1.80. The Hall–Kier alpha value is -2.23. The van der Waals surface area contributed by atoms with Gasteiger partial charge in [-0.3, -0.25) is 4.79 Å². The lowest BCUT2D eigenvalue weighted by molar-refractivity contribution is 0.111. The Balaban J connectivity index is 2.03. The molecule has 4 rings (SSSR count). The first-order valence-corrected chi connectivity index (χ1v) is 7.37. The van der Waals surface area contributed by atoms with Crippen LogP contribution in [0.4, 0.5) is 0 Å². The van der Waals surface area contributed by atoms with Crippen LogP contribution in [0.1, 0.15) is 10.5 Å². The van der Waals surface area contributed by atoms with Gasteiger partial charge in [0.05, 0.1) is 10.7 Å². The molecule has 0 saturated carbocycles. The summed E-state index contributed by atoms with van der Waals surface area (Å²) in [6, 6.07) is 12.9. The fourth-order valence-electron chi connectivity index (χ4n) is 2.67. The molecule has 0 aliphatic rings. The Morgan fingerprint density at radius 3 is 2.77 bits per heavy atom. The molecule has 0 atom stereocenters. The smallest absolute Gasteiger partial charge is 0.167 e. The lowest BCUT2D eigenvalue weighted by Gasteiger charge is -1.96. The van der Waals surface area contributed by atoms with Crippen molar-refractivity contribution in [3.8, 4) is 11.3 Å². The Kier molecular flexibility index (Phi) is 2.99. The van der Waals surface area contributed by atoms with Crippen molar-refractivity contribution in [2.24, 2.45) is 0 Å². The van der Waals surface area contributed by atoms with Gasteiger partial charge in [0.1, 0.15) is 5.76 Å². The molecule has 5 heteroatoms. The van der Waals surface area contributed by atoms with Crippen LogP contribution in [0.25, 0.3) is 27.8 Å². The normalized spacial score (nSPS) is 11.4. The highest BCUT2D eigenvalue weighted by Crippen LogP contribution is 2.36. The van der Waals surface area contributed by atoms with Crippen molar-refractivity contribution in [1.29, 1.82) is 0 Å². The van der Waals surface area contributed by atoms with Gasteiger partial charge >= 0.3 is 0 Å².